The van der Waals surface area contributed by atoms with E-state index in [0.29, 0.717) is 12.3 Å². The minimum absolute atomic E-state index is 0.0796. The molecule has 0 bridgehead atoms. The number of nitrogens with zero attached hydrogens (tertiary/aromatic N) is 1. The summed E-state index contributed by atoms with van der Waals surface area (Å²) >= 11 is 0. The highest BCUT2D eigenvalue weighted by molar-refractivity contribution is 6.09. The van der Waals surface area contributed by atoms with E-state index in [0.717, 1.165) is 12.8 Å². The average Bonchev–Trinajstić information content (AvgIpc) is 2.55. The van der Waals surface area contributed by atoms with Crippen LogP contribution >= 0.6 is 0 Å². The molecule has 6 heteroatoms. The maximum absolute atomic E-state index is 12.3. The van der Waals surface area contributed by atoms with Crippen molar-refractivity contribution in [1.29, 1.82) is 5.26 Å². The Labute approximate surface area is 148 Å². The van der Waals surface area contributed by atoms with Gasteiger partial charge in [-0.25, -0.2) is 4.79 Å². The molecule has 0 spiro atoms. The monoisotopic (exact) mass is 343 g/mol. The molecule has 134 valence electrons. The van der Waals surface area contributed by atoms with Crippen molar-refractivity contribution in [1.82, 2.24) is 5.32 Å². The minimum atomic E-state index is -0.590. The molecule has 1 aromatic carbocycles. The maximum Gasteiger partial charge on any atom is 0.340 e. The number of rotatable bonds is 7. The second-order valence-electron chi connectivity index (χ2n) is 6.55. The lowest BCUT2D eigenvalue weighted by Crippen LogP contribution is -2.32. The van der Waals surface area contributed by atoms with Crippen LogP contribution in [0.1, 0.15) is 50.9 Å². The standard InChI is InChI=1S/C19H25N3O3/c1-5-6-11-25-18(24)15-9-7-8-10-16(15)22-17(23)14(12-20)13-21-19(2,3)4/h7-10,13,21H,5-6,11H2,1-4H3,(H,22,23)/b14-13-. The highest BCUT2D eigenvalue weighted by Gasteiger charge is 2.17. The number of nitrogens with one attached hydrogen (secondary N) is 2. The number of esters is 1. The van der Waals surface area contributed by atoms with Crippen LogP contribution in [0.15, 0.2) is 36.0 Å². The third-order valence-corrected chi connectivity index (χ3v) is 3.14. The molecule has 0 unspecified atom stereocenters. The molecule has 0 aliphatic heterocycles. The van der Waals surface area contributed by atoms with Crippen LogP contribution in [0.5, 0.6) is 0 Å². The van der Waals surface area contributed by atoms with E-state index in [4.69, 9.17) is 4.74 Å². The molecule has 0 aliphatic carbocycles. The van der Waals surface area contributed by atoms with Gasteiger partial charge in [0.25, 0.3) is 5.91 Å². The number of carbonyl (C=O) groups is 2. The van der Waals surface area contributed by atoms with E-state index in [1.165, 1.54) is 6.20 Å². The molecule has 1 aromatic rings. The molecule has 0 fully saturated rings. The van der Waals surface area contributed by atoms with Gasteiger partial charge in [0.05, 0.1) is 17.9 Å². The van der Waals surface area contributed by atoms with Gasteiger partial charge >= 0.3 is 5.97 Å². The van der Waals surface area contributed by atoms with E-state index in [-0.39, 0.29) is 16.7 Å². The first kappa shape index (κ1) is 20.2. The molecule has 0 saturated carbocycles. The van der Waals surface area contributed by atoms with Gasteiger partial charge in [-0.05, 0) is 39.3 Å². The molecule has 0 atom stereocenters. The Morgan fingerprint density at radius 1 is 1.28 bits per heavy atom. The quantitative estimate of drug-likeness (QED) is 0.343. The van der Waals surface area contributed by atoms with Crippen LogP contribution in [0.25, 0.3) is 0 Å². The number of para-hydroxylation sites is 1. The van der Waals surface area contributed by atoms with Gasteiger partial charge in [-0.3, -0.25) is 4.79 Å². The third kappa shape index (κ3) is 7.08. The highest BCUT2D eigenvalue weighted by Crippen LogP contribution is 2.17. The van der Waals surface area contributed by atoms with Crippen LogP contribution in [0.4, 0.5) is 5.69 Å². The number of ether oxygens (including phenoxy) is 1. The number of benzene rings is 1. The number of unbranched alkanes of at least 4 members (excludes halogenated alkanes) is 1. The van der Waals surface area contributed by atoms with E-state index < -0.39 is 11.9 Å². The molecule has 0 aromatic heterocycles. The van der Waals surface area contributed by atoms with Crippen LogP contribution in [0.3, 0.4) is 0 Å². The van der Waals surface area contributed by atoms with Gasteiger partial charge in [0.2, 0.25) is 0 Å². The van der Waals surface area contributed by atoms with Crippen LogP contribution < -0.4 is 10.6 Å². The summed E-state index contributed by atoms with van der Waals surface area (Å²) in [5.74, 6) is -1.09. The summed E-state index contributed by atoms with van der Waals surface area (Å²) in [5, 5.41) is 14.8. The van der Waals surface area contributed by atoms with E-state index >= 15 is 0 Å². The van der Waals surface area contributed by atoms with Gasteiger partial charge < -0.3 is 15.4 Å². The second-order valence-corrected chi connectivity index (χ2v) is 6.55. The molecule has 0 saturated heterocycles. The topological polar surface area (TPSA) is 91.2 Å². The zero-order chi connectivity index (χ0) is 18.9. The van der Waals surface area contributed by atoms with Gasteiger partial charge in [0.15, 0.2) is 0 Å². The summed E-state index contributed by atoms with van der Waals surface area (Å²) in [5.41, 5.74) is 0.214. The fourth-order valence-corrected chi connectivity index (χ4v) is 1.78. The summed E-state index contributed by atoms with van der Waals surface area (Å²) in [6.45, 7) is 8.08. The van der Waals surface area contributed by atoms with E-state index in [9.17, 15) is 14.9 Å². The Kier molecular flexibility index (Phi) is 7.67. The van der Waals surface area contributed by atoms with Crippen molar-refractivity contribution in [2.24, 2.45) is 0 Å². The van der Waals surface area contributed by atoms with E-state index in [2.05, 4.69) is 10.6 Å². The van der Waals surface area contributed by atoms with Crippen molar-refractivity contribution in [3.05, 3.63) is 41.6 Å². The molecule has 6 nitrogen and oxygen atoms in total. The molecule has 2 N–H and O–H groups in total. The molecule has 0 aliphatic rings. The first-order valence-electron chi connectivity index (χ1n) is 8.24. The lowest BCUT2D eigenvalue weighted by Gasteiger charge is -2.19. The highest BCUT2D eigenvalue weighted by atomic mass is 16.5. The van der Waals surface area contributed by atoms with Crippen molar-refractivity contribution in [3.8, 4) is 6.07 Å². The minimum Gasteiger partial charge on any atom is -0.462 e. The lowest BCUT2D eigenvalue weighted by atomic mass is 10.1. The van der Waals surface area contributed by atoms with Gasteiger partial charge in [-0.2, -0.15) is 5.26 Å². The Morgan fingerprint density at radius 2 is 1.96 bits per heavy atom. The third-order valence-electron chi connectivity index (χ3n) is 3.14. The van der Waals surface area contributed by atoms with Crippen LogP contribution in [0.2, 0.25) is 0 Å². The number of nitriles is 1. The summed E-state index contributed by atoms with van der Waals surface area (Å²) in [6.07, 6.45) is 3.07. The van der Waals surface area contributed by atoms with Crippen molar-refractivity contribution in [3.63, 3.8) is 0 Å². The first-order valence-corrected chi connectivity index (χ1v) is 8.24. The van der Waals surface area contributed by atoms with Crippen LogP contribution in [0, 0.1) is 11.3 Å². The summed E-state index contributed by atoms with van der Waals surface area (Å²) in [4.78, 5) is 24.5. The summed E-state index contributed by atoms with van der Waals surface area (Å²) < 4.78 is 5.19. The molecule has 25 heavy (non-hydrogen) atoms. The summed E-state index contributed by atoms with van der Waals surface area (Å²) in [7, 11) is 0. The zero-order valence-electron chi connectivity index (χ0n) is 15.2. The Morgan fingerprint density at radius 3 is 2.56 bits per heavy atom. The second kappa shape index (κ2) is 9.48. The van der Waals surface area contributed by atoms with Gasteiger partial charge in [0, 0.05) is 11.7 Å². The lowest BCUT2D eigenvalue weighted by molar-refractivity contribution is -0.112. The average molecular weight is 343 g/mol. The summed E-state index contributed by atoms with van der Waals surface area (Å²) in [6, 6.07) is 8.41. The normalized spacial score (nSPS) is 11.4. The van der Waals surface area contributed by atoms with Crippen molar-refractivity contribution in [2.75, 3.05) is 11.9 Å². The predicted octanol–water partition coefficient (Wildman–Crippen LogP) is 3.38. The number of amides is 1. The molecule has 0 heterocycles. The maximum atomic E-state index is 12.3. The number of carbonyl (C=O) groups excluding carboxylic acids is 2. The Balaban J connectivity index is 2.90. The van der Waals surface area contributed by atoms with Crippen molar-refractivity contribution in [2.45, 2.75) is 46.1 Å². The SMILES string of the molecule is CCCCOC(=O)c1ccccc1NC(=O)/C(C#N)=C\NC(C)(C)C. The predicted molar refractivity (Wildman–Crippen MR) is 96.8 cm³/mol. The van der Waals surface area contributed by atoms with Crippen molar-refractivity contribution >= 4 is 17.6 Å². The smallest absolute Gasteiger partial charge is 0.340 e. The van der Waals surface area contributed by atoms with Crippen LogP contribution in [-0.2, 0) is 9.53 Å². The van der Waals surface area contributed by atoms with E-state index in [1.807, 2.05) is 33.8 Å². The van der Waals surface area contributed by atoms with Crippen LogP contribution in [-0.4, -0.2) is 24.0 Å². The molecular formula is C19H25N3O3. The zero-order valence-corrected chi connectivity index (χ0v) is 15.2. The van der Waals surface area contributed by atoms with Gasteiger partial charge in [-0.15, -0.1) is 0 Å². The van der Waals surface area contributed by atoms with Gasteiger partial charge in [-0.1, -0.05) is 25.5 Å². The van der Waals surface area contributed by atoms with Gasteiger partial charge in [0.1, 0.15) is 11.6 Å². The Hall–Kier alpha value is -2.81. The molecule has 0 radical (unpaired) electrons. The number of hydrogen-bond donors (Lipinski definition) is 2. The number of anilines is 1. The molecular weight excluding hydrogens is 318 g/mol. The van der Waals surface area contributed by atoms with E-state index in [1.54, 1.807) is 24.3 Å². The van der Waals surface area contributed by atoms with Crippen molar-refractivity contribution < 1.29 is 14.3 Å². The number of hydrogen-bond acceptors (Lipinski definition) is 5. The molecule has 1 amide bonds. The Bertz CT molecular complexity index is 682. The fourth-order valence-electron chi connectivity index (χ4n) is 1.78. The largest absolute Gasteiger partial charge is 0.462 e. The first-order chi connectivity index (χ1) is 11.8. The molecule has 1 rings (SSSR count). The fraction of sp³-hybridized carbons (Fsp3) is 0.421.